The first kappa shape index (κ1) is 12.7. The van der Waals surface area contributed by atoms with Gasteiger partial charge in [-0.05, 0) is 41.3 Å². The van der Waals surface area contributed by atoms with Gasteiger partial charge >= 0.3 is 0 Å². The SMILES string of the molecule is Clc1cnc(N2CCCCC2CBr)c(Br)c1. The minimum absolute atomic E-state index is 0.540. The van der Waals surface area contributed by atoms with Crippen LogP contribution in [0.2, 0.25) is 5.02 Å². The summed E-state index contributed by atoms with van der Waals surface area (Å²) in [6.07, 6.45) is 5.47. The number of pyridine rings is 1. The number of aromatic nitrogens is 1. The van der Waals surface area contributed by atoms with Crippen LogP contribution in [0.25, 0.3) is 0 Å². The molecule has 0 saturated carbocycles. The van der Waals surface area contributed by atoms with Crippen LogP contribution >= 0.6 is 43.5 Å². The molecule has 0 amide bonds. The summed E-state index contributed by atoms with van der Waals surface area (Å²) in [5.41, 5.74) is 0. The second kappa shape index (κ2) is 5.69. The largest absolute Gasteiger partial charge is 0.352 e. The molecule has 2 rings (SSSR count). The molecule has 0 spiro atoms. The fourth-order valence-corrected chi connectivity index (χ4v) is 3.60. The molecule has 1 aromatic heterocycles. The van der Waals surface area contributed by atoms with Gasteiger partial charge in [-0.15, -0.1) is 0 Å². The zero-order valence-corrected chi connectivity index (χ0v) is 12.7. The lowest BCUT2D eigenvalue weighted by Gasteiger charge is -2.36. The Kier molecular flexibility index (Phi) is 4.50. The predicted molar refractivity (Wildman–Crippen MR) is 75.7 cm³/mol. The molecule has 1 atom stereocenters. The highest BCUT2D eigenvalue weighted by molar-refractivity contribution is 9.10. The van der Waals surface area contributed by atoms with E-state index < -0.39 is 0 Å². The molecule has 1 unspecified atom stereocenters. The van der Waals surface area contributed by atoms with E-state index in [1.807, 2.05) is 6.07 Å². The molecule has 16 heavy (non-hydrogen) atoms. The van der Waals surface area contributed by atoms with E-state index in [4.69, 9.17) is 11.6 Å². The Hall–Kier alpha value is 0.200. The Morgan fingerprint density at radius 3 is 3.00 bits per heavy atom. The van der Waals surface area contributed by atoms with Gasteiger partial charge in [-0.3, -0.25) is 0 Å². The molecular weight excluding hydrogens is 355 g/mol. The Bertz CT molecular complexity index is 373. The smallest absolute Gasteiger partial charge is 0.143 e. The van der Waals surface area contributed by atoms with E-state index in [1.165, 1.54) is 19.3 Å². The van der Waals surface area contributed by atoms with Crippen molar-refractivity contribution >= 4 is 49.3 Å². The fraction of sp³-hybridized carbons (Fsp3) is 0.545. The molecule has 1 aliphatic rings. The van der Waals surface area contributed by atoms with E-state index in [2.05, 4.69) is 41.7 Å². The molecule has 0 aliphatic carbocycles. The molecular formula is C11H13Br2ClN2. The number of anilines is 1. The monoisotopic (exact) mass is 366 g/mol. The van der Waals surface area contributed by atoms with E-state index in [-0.39, 0.29) is 0 Å². The lowest BCUT2D eigenvalue weighted by molar-refractivity contribution is 0.487. The second-order valence-corrected chi connectivity index (χ2v) is 5.89. The third kappa shape index (κ3) is 2.71. The van der Waals surface area contributed by atoms with Crippen LogP contribution < -0.4 is 4.90 Å². The van der Waals surface area contributed by atoms with Gasteiger partial charge in [0.05, 0.1) is 9.50 Å². The first-order valence-electron chi connectivity index (χ1n) is 5.36. The minimum atomic E-state index is 0.540. The van der Waals surface area contributed by atoms with Crippen LogP contribution in [-0.4, -0.2) is 22.9 Å². The first-order valence-corrected chi connectivity index (χ1v) is 7.65. The van der Waals surface area contributed by atoms with Crippen LogP contribution in [0.15, 0.2) is 16.7 Å². The Morgan fingerprint density at radius 1 is 1.50 bits per heavy atom. The van der Waals surface area contributed by atoms with Crippen LogP contribution in [0.4, 0.5) is 5.82 Å². The summed E-state index contributed by atoms with van der Waals surface area (Å²) in [6, 6.07) is 2.45. The maximum atomic E-state index is 5.91. The maximum absolute atomic E-state index is 5.91. The lowest BCUT2D eigenvalue weighted by atomic mass is 10.0. The Balaban J connectivity index is 2.27. The molecule has 1 aliphatic heterocycles. The van der Waals surface area contributed by atoms with Gasteiger partial charge in [0.15, 0.2) is 0 Å². The van der Waals surface area contributed by atoms with Crippen molar-refractivity contribution in [2.75, 3.05) is 16.8 Å². The van der Waals surface area contributed by atoms with Crippen LogP contribution in [0.5, 0.6) is 0 Å². The summed E-state index contributed by atoms with van der Waals surface area (Å²) >= 11 is 13.0. The van der Waals surface area contributed by atoms with Crippen LogP contribution in [0, 0.1) is 0 Å². The van der Waals surface area contributed by atoms with E-state index >= 15 is 0 Å². The molecule has 2 heterocycles. The molecule has 1 saturated heterocycles. The summed E-state index contributed by atoms with van der Waals surface area (Å²) in [5, 5.41) is 1.66. The third-order valence-electron chi connectivity index (χ3n) is 2.87. The number of rotatable bonds is 2. The number of hydrogen-bond acceptors (Lipinski definition) is 2. The summed E-state index contributed by atoms with van der Waals surface area (Å²) < 4.78 is 0.979. The highest BCUT2D eigenvalue weighted by atomic mass is 79.9. The summed E-state index contributed by atoms with van der Waals surface area (Å²) in [5.74, 6) is 1.01. The quantitative estimate of drug-likeness (QED) is 0.726. The van der Waals surface area contributed by atoms with E-state index in [0.29, 0.717) is 11.1 Å². The van der Waals surface area contributed by atoms with Gasteiger partial charge in [0.25, 0.3) is 0 Å². The summed E-state index contributed by atoms with van der Waals surface area (Å²) in [7, 11) is 0. The van der Waals surface area contributed by atoms with Crippen molar-refractivity contribution < 1.29 is 0 Å². The maximum Gasteiger partial charge on any atom is 0.143 e. The standard InChI is InChI=1S/C11H13Br2ClN2/c12-6-9-3-1-2-4-16(9)11-10(13)5-8(14)7-15-11/h5,7,9H,1-4,6H2. The van der Waals surface area contributed by atoms with E-state index in [0.717, 1.165) is 22.2 Å². The number of halogens is 3. The molecule has 88 valence electrons. The summed E-state index contributed by atoms with van der Waals surface area (Å²) in [4.78, 5) is 6.79. The Morgan fingerprint density at radius 2 is 2.31 bits per heavy atom. The van der Waals surface area contributed by atoms with Crippen molar-refractivity contribution in [2.45, 2.75) is 25.3 Å². The molecule has 2 nitrogen and oxygen atoms in total. The van der Waals surface area contributed by atoms with Crippen molar-refractivity contribution in [3.63, 3.8) is 0 Å². The average molecular weight is 368 g/mol. The molecule has 1 fully saturated rings. The van der Waals surface area contributed by atoms with Gasteiger partial charge in [-0.25, -0.2) is 4.98 Å². The van der Waals surface area contributed by atoms with Crippen molar-refractivity contribution in [3.8, 4) is 0 Å². The van der Waals surface area contributed by atoms with Gasteiger partial charge in [0.1, 0.15) is 5.82 Å². The molecule has 0 radical (unpaired) electrons. The van der Waals surface area contributed by atoms with Crippen LogP contribution in [0.1, 0.15) is 19.3 Å². The minimum Gasteiger partial charge on any atom is -0.352 e. The van der Waals surface area contributed by atoms with E-state index in [9.17, 15) is 0 Å². The first-order chi connectivity index (χ1) is 7.72. The zero-order chi connectivity index (χ0) is 11.5. The number of piperidine rings is 1. The molecule has 5 heteroatoms. The summed E-state index contributed by atoms with van der Waals surface area (Å²) in [6.45, 7) is 1.07. The van der Waals surface area contributed by atoms with Crippen LogP contribution in [-0.2, 0) is 0 Å². The second-order valence-electron chi connectivity index (χ2n) is 3.96. The normalized spacial score (nSPS) is 21.2. The van der Waals surface area contributed by atoms with Gasteiger partial charge in [0.2, 0.25) is 0 Å². The lowest BCUT2D eigenvalue weighted by Crippen LogP contribution is -2.41. The van der Waals surface area contributed by atoms with Crippen molar-refractivity contribution in [3.05, 3.63) is 21.8 Å². The Labute approximate surface area is 118 Å². The molecule has 0 aromatic carbocycles. The molecule has 0 bridgehead atoms. The van der Waals surface area contributed by atoms with Gasteiger partial charge in [-0.1, -0.05) is 27.5 Å². The number of alkyl halides is 1. The third-order valence-corrected chi connectivity index (χ3v) is 4.40. The van der Waals surface area contributed by atoms with Gasteiger partial charge in [0, 0.05) is 24.1 Å². The number of hydrogen-bond donors (Lipinski definition) is 0. The number of nitrogens with zero attached hydrogens (tertiary/aromatic N) is 2. The highest BCUT2D eigenvalue weighted by Gasteiger charge is 2.24. The average Bonchev–Trinajstić information content (AvgIpc) is 2.29. The van der Waals surface area contributed by atoms with Gasteiger partial charge < -0.3 is 4.90 Å². The molecule has 0 N–H and O–H groups in total. The van der Waals surface area contributed by atoms with E-state index in [1.54, 1.807) is 6.20 Å². The fourth-order valence-electron chi connectivity index (χ4n) is 2.06. The zero-order valence-electron chi connectivity index (χ0n) is 8.80. The predicted octanol–water partition coefficient (Wildman–Crippen LogP) is 4.25. The van der Waals surface area contributed by atoms with Gasteiger partial charge in [-0.2, -0.15) is 0 Å². The van der Waals surface area contributed by atoms with Crippen molar-refractivity contribution in [1.29, 1.82) is 0 Å². The van der Waals surface area contributed by atoms with Crippen LogP contribution in [0.3, 0.4) is 0 Å². The molecule has 1 aromatic rings. The topological polar surface area (TPSA) is 16.1 Å². The van der Waals surface area contributed by atoms with Crippen molar-refractivity contribution in [1.82, 2.24) is 4.98 Å². The van der Waals surface area contributed by atoms with Crippen molar-refractivity contribution in [2.24, 2.45) is 0 Å². The highest BCUT2D eigenvalue weighted by Crippen LogP contribution is 2.31.